The van der Waals surface area contributed by atoms with Gasteiger partial charge in [0, 0.05) is 6.42 Å². The van der Waals surface area contributed by atoms with Crippen LogP contribution < -0.4 is 0 Å². The van der Waals surface area contributed by atoms with Gasteiger partial charge < -0.3 is 4.74 Å². The number of carbonyl (C=O) groups is 2. The third-order valence-corrected chi connectivity index (χ3v) is 4.23. The van der Waals surface area contributed by atoms with Gasteiger partial charge in [0.1, 0.15) is 6.61 Å². The zero-order valence-corrected chi connectivity index (χ0v) is 14.0. The molecule has 122 valence electrons. The minimum absolute atomic E-state index is 0.0377. The van der Waals surface area contributed by atoms with E-state index in [0.29, 0.717) is 5.56 Å². The summed E-state index contributed by atoms with van der Waals surface area (Å²) in [6.45, 7) is 8.16. The van der Waals surface area contributed by atoms with Gasteiger partial charge in [-0.25, -0.2) is 9.69 Å². The van der Waals surface area contributed by atoms with Gasteiger partial charge in [0.25, 0.3) is 0 Å². The van der Waals surface area contributed by atoms with Crippen molar-refractivity contribution in [3.8, 4) is 6.07 Å². The number of benzene rings is 1. The molecule has 1 saturated heterocycles. The largest absolute Gasteiger partial charge is 0.447 e. The van der Waals surface area contributed by atoms with Crippen LogP contribution in [0.4, 0.5) is 4.79 Å². The van der Waals surface area contributed by atoms with E-state index >= 15 is 0 Å². The highest BCUT2D eigenvalue weighted by molar-refractivity contribution is 5.94. The average molecular weight is 314 g/mol. The second-order valence-electron chi connectivity index (χ2n) is 7.06. The van der Waals surface area contributed by atoms with Crippen molar-refractivity contribution in [2.45, 2.75) is 46.1 Å². The Morgan fingerprint density at radius 1 is 1.39 bits per heavy atom. The minimum Gasteiger partial charge on any atom is -0.447 e. The maximum atomic E-state index is 12.6. The molecule has 1 heterocycles. The third-order valence-electron chi connectivity index (χ3n) is 4.23. The van der Waals surface area contributed by atoms with Gasteiger partial charge in [-0.2, -0.15) is 5.26 Å². The molecule has 2 amide bonds. The van der Waals surface area contributed by atoms with Crippen LogP contribution in [0.2, 0.25) is 0 Å². The first-order chi connectivity index (χ1) is 10.7. The fourth-order valence-electron chi connectivity index (χ4n) is 2.70. The molecule has 1 unspecified atom stereocenters. The second-order valence-corrected chi connectivity index (χ2v) is 7.06. The molecule has 23 heavy (non-hydrogen) atoms. The van der Waals surface area contributed by atoms with E-state index in [0.717, 1.165) is 5.56 Å². The number of hydrogen-bond acceptors (Lipinski definition) is 4. The van der Waals surface area contributed by atoms with Crippen LogP contribution in [0.1, 0.15) is 51.2 Å². The molecule has 1 aromatic rings. The summed E-state index contributed by atoms with van der Waals surface area (Å²) in [5, 5.41) is 8.83. The highest BCUT2D eigenvalue weighted by Crippen LogP contribution is 2.31. The lowest BCUT2D eigenvalue weighted by Gasteiger charge is -2.31. The minimum atomic E-state index is -0.554. The lowest BCUT2D eigenvalue weighted by atomic mass is 9.86. The van der Waals surface area contributed by atoms with Crippen molar-refractivity contribution >= 4 is 12.0 Å². The van der Waals surface area contributed by atoms with Gasteiger partial charge in [0.2, 0.25) is 5.91 Å². The number of ether oxygens (including phenoxy) is 1. The number of carbonyl (C=O) groups excluding carboxylic acids is 2. The van der Waals surface area contributed by atoms with Crippen molar-refractivity contribution in [1.82, 2.24) is 4.90 Å². The van der Waals surface area contributed by atoms with Crippen LogP contribution >= 0.6 is 0 Å². The maximum Gasteiger partial charge on any atom is 0.416 e. The fraction of sp³-hybridized carbons (Fsp3) is 0.500. The molecular weight excluding hydrogens is 292 g/mol. The number of hydrogen-bond donors (Lipinski definition) is 0. The highest BCUT2D eigenvalue weighted by atomic mass is 16.6. The Kier molecular flexibility index (Phi) is 4.74. The average Bonchev–Trinajstić information content (AvgIpc) is 2.89. The van der Waals surface area contributed by atoms with Crippen LogP contribution in [0.25, 0.3) is 0 Å². The Morgan fingerprint density at radius 2 is 2.00 bits per heavy atom. The Hall–Kier alpha value is -2.35. The molecule has 0 spiro atoms. The molecule has 5 nitrogen and oxygen atoms in total. The van der Waals surface area contributed by atoms with Crippen LogP contribution in [0.15, 0.2) is 24.3 Å². The van der Waals surface area contributed by atoms with Gasteiger partial charge >= 0.3 is 6.09 Å². The molecule has 0 N–H and O–H groups in total. The van der Waals surface area contributed by atoms with E-state index in [4.69, 9.17) is 10.00 Å². The first-order valence-corrected chi connectivity index (χ1v) is 7.73. The molecular formula is C18H22N2O3. The fourth-order valence-corrected chi connectivity index (χ4v) is 2.70. The zero-order valence-electron chi connectivity index (χ0n) is 14.0. The Bertz CT molecular complexity index is 638. The van der Waals surface area contributed by atoms with Gasteiger partial charge in [-0.05, 0) is 29.0 Å². The maximum absolute atomic E-state index is 12.6. The van der Waals surface area contributed by atoms with Crippen LogP contribution in [0.5, 0.6) is 0 Å². The number of amides is 2. The van der Waals surface area contributed by atoms with Crippen LogP contribution in [-0.4, -0.2) is 29.5 Å². The molecule has 2 atom stereocenters. The highest BCUT2D eigenvalue weighted by Gasteiger charge is 2.44. The van der Waals surface area contributed by atoms with E-state index in [2.05, 4.69) is 6.07 Å². The third kappa shape index (κ3) is 3.70. The standard InChI is InChI=1S/C18H22N2O3/c1-12(14-7-5-13(10-19)6-8-14)9-16(21)20-15(18(2,3)4)11-23-17(20)22/h5-8,12,15H,9,11H2,1-4H3/t12-,15?/m1/s1. The summed E-state index contributed by atoms with van der Waals surface area (Å²) in [5.74, 6) is -0.256. The van der Waals surface area contributed by atoms with E-state index in [1.165, 1.54) is 4.90 Å². The molecule has 0 saturated carbocycles. The molecule has 0 aromatic heterocycles. The summed E-state index contributed by atoms with van der Waals surface area (Å²) in [5.41, 5.74) is 1.33. The van der Waals surface area contributed by atoms with Crippen LogP contribution in [-0.2, 0) is 9.53 Å². The summed E-state index contributed by atoms with van der Waals surface area (Å²) < 4.78 is 5.07. The normalized spacial score (nSPS) is 19.2. The molecule has 0 bridgehead atoms. The van der Waals surface area contributed by atoms with Crippen molar-refractivity contribution in [3.05, 3.63) is 35.4 Å². The van der Waals surface area contributed by atoms with Crippen molar-refractivity contribution in [2.24, 2.45) is 5.41 Å². The topological polar surface area (TPSA) is 70.4 Å². The summed E-state index contributed by atoms with van der Waals surface area (Å²) in [7, 11) is 0. The molecule has 5 heteroatoms. The lowest BCUT2D eigenvalue weighted by molar-refractivity contribution is -0.131. The smallest absolute Gasteiger partial charge is 0.416 e. The van der Waals surface area contributed by atoms with Gasteiger partial charge in [0.05, 0.1) is 17.7 Å². The predicted molar refractivity (Wildman–Crippen MR) is 85.6 cm³/mol. The molecule has 1 aliphatic heterocycles. The SMILES string of the molecule is C[C@H](CC(=O)N1C(=O)OCC1C(C)(C)C)c1ccc(C#N)cc1. The summed E-state index contributed by atoms with van der Waals surface area (Å²) >= 11 is 0. The number of nitriles is 1. The van der Waals surface area contributed by atoms with Crippen molar-refractivity contribution in [1.29, 1.82) is 5.26 Å². The zero-order chi connectivity index (χ0) is 17.2. The molecule has 0 radical (unpaired) electrons. The van der Waals surface area contributed by atoms with E-state index in [1.54, 1.807) is 12.1 Å². The van der Waals surface area contributed by atoms with Gasteiger partial charge in [-0.15, -0.1) is 0 Å². The summed E-state index contributed by atoms with van der Waals surface area (Å²) in [6, 6.07) is 8.99. The molecule has 1 fully saturated rings. The first kappa shape index (κ1) is 17.0. The van der Waals surface area contributed by atoms with E-state index in [1.807, 2.05) is 39.8 Å². The van der Waals surface area contributed by atoms with Crippen LogP contribution in [0.3, 0.4) is 0 Å². The number of rotatable bonds is 3. The van der Waals surface area contributed by atoms with E-state index in [-0.39, 0.29) is 36.3 Å². The summed E-state index contributed by atoms with van der Waals surface area (Å²) in [6.07, 6.45) is -0.324. The number of cyclic esters (lactones) is 1. The monoisotopic (exact) mass is 314 g/mol. The molecule has 1 aliphatic rings. The quantitative estimate of drug-likeness (QED) is 0.857. The van der Waals surface area contributed by atoms with E-state index < -0.39 is 6.09 Å². The summed E-state index contributed by atoms with van der Waals surface area (Å²) in [4.78, 5) is 25.8. The lowest BCUT2D eigenvalue weighted by Crippen LogP contribution is -2.46. The number of imide groups is 1. The Morgan fingerprint density at radius 3 is 2.52 bits per heavy atom. The molecule has 0 aliphatic carbocycles. The van der Waals surface area contributed by atoms with Crippen molar-refractivity contribution in [2.75, 3.05) is 6.61 Å². The van der Waals surface area contributed by atoms with Gasteiger partial charge in [-0.1, -0.05) is 39.8 Å². The van der Waals surface area contributed by atoms with Gasteiger partial charge in [0.15, 0.2) is 0 Å². The van der Waals surface area contributed by atoms with Crippen molar-refractivity contribution in [3.63, 3.8) is 0 Å². The molecule has 1 aromatic carbocycles. The second kappa shape index (κ2) is 6.41. The van der Waals surface area contributed by atoms with E-state index in [9.17, 15) is 9.59 Å². The van der Waals surface area contributed by atoms with Gasteiger partial charge in [-0.3, -0.25) is 4.79 Å². The Labute approximate surface area is 136 Å². The van der Waals surface area contributed by atoms with Crippen LogP contribution in [0, 0.1) is 16.7 Å². The molecule has 2 rings (SSSR count). The predicted octanol–water partition coefficient (Wildman–Crippen LogP) is 3.45. The first-order valence-electron chi connectivity index (χ1n) is 7.73. The Balaban J connectivity index is 2.10. The van der Waals surface area contributed by atoms with Crippen molar-refractivity contribution < 1.29 is 14.3 Å². The number of nitrogens with zero attached hydrogens (tertiary/aromatic N) is 2.